The number of benzene rings is 2. The maximum atomic E-state index is 12.1. The molecule has 0 aliphatic heterocycles. The van der Waals surface area contributed by atoms with Crippen LogP contribution in [0.4, 0.5) is 5.69 Å². The summed E-state index contributed by atoms with van der Waals surface area (Å²) in [7, 11) is 1.58. The van der Waals surface area contributed by atoms with Gasteiger partial charge in [0, 0.05) is 11.8 Å². The zero-order chi connectivity index (χ0) is 18.9. The van der Waals surface area contributed by atoms with Gasteiger partial charge in [-0.1, -0.05) is 18.2 Å². The molecule has 2 amide bonds. The Bertz CT molecular complexity index is 798. The zero-order valence-electron chi connectivity index (χ0n) is 14.8. The third kappa shape index (κ3) is 5.66. The Balaban J connectivity index is 2.00. The Morgan fingerprint density at radius 1 is 1.12 bits per heavy atom. The molecule has 0 radical (unpaired) electrons. The van der Waals surface area contributed by atoms with Crippen LogP contribution < -0.4 is 20.5 Å². The quantitative estimate of drug-likeness (QED) is 0.713. The summed E-state index contributed by atoms with van der Waals surface area (Å²) in [4.78, 5) is 22.9. The molecule has 6 heteroatoms. The van der Waals surface area contributed by atoms with Crippen molar-refractivity contribution >= 4 is 23.6 Å². The van der Waals surface area contributed by atoms with Gasteiger partial charge in [-0.3, -0.25) is 9.59 Å². The van der Waals surface area contributed by atoms with Crippen LogP contribution in [0.15, 0.2) is 48.5 Å². The van der Waals surface area contributed by atoms with Gasteiger partial charge in [0.05, 0.1) is 20.1 Å². The second kappa shape index (κ2) is 9.27. The first-order valence-corrected chi connectivity index (χ1v) is 8.19. The summed E-state index contributed by atoms with van der Waals surface area (Å²) in [6.45, 7) is 2.42. The van der Waals surface area contributed by atoms with Gasteiger partial charge in [-0.2, -0.15) is 0 Å². The third-order valence-electron chi connectivity index (χ3n) is 3.51. The van der Waals surface area contributed by atoms with Crippen molar-refractivity contribution in [1.82, 2.24) is 0 Å². The van der Waals surface area contributed by atoms with Crippen molar-refractivity contribution in [2.45, 2.75) is 13.3 Å². The Kier molecular flexibility index (Phi) is 6.79. The molecule has 3 N–H and O–H groups in total. The second-order valence-corrected chi connectivity index (χ2v) is 5.51. The molecule has 0 saturated heterocycles. The number of carbonyl (C=O) groups is 2. The lowest BCUT2D eigenvalue weighted by atomic mass is 10.1. The number of nitrogens with two attached hydrogens (primary N) is 1. The summed E-state index contributed by atoms with van der Waals surface area (Å²) in [5.41, 5.74) is 7.41. The number of methoxy groups -OCH3 is 1. The highest BCUT2D eigenvalue weighted by Gasteiger charge is 2.05. The number of carbonyl (C=O) groups excluding carboxylic acids is 2. The molecule has 2 aromatic carbocycles. The average molecular weight is 354 g/mol. The molecule has 0 heterocycles. The highest BCUT2D eigenvalue weighted by molar-refractivity contribution is 6.02. The monoisotopic (exact) mass is 354 g/mol. The van der Waals surface area contributed by atoms with Crippen LogP contribution in [0.5, 0.6) is 11.5 Å². The number of hydrogen-bond acceptors (Lipinski definition) is 4. The summed E-state index contributed by atoms with van der Waals surface area (Å²) in [6.07, 6.45) is 3.31. The molecular formula is C20H22N2O4. The van der Waals surface area contributed by atoms with Crippen LogP contribution in [-0.2, 0) is 16.0 Å². The van der Waals surface area contributed by atoms with Crippen LogP contribution >= 0.6 is 0 Å². The maximum absolute atomic E-state index is 12.1. The normalized spacial score (nSPS) is 10.5. The molecule has 0 bridgehead atoms. The lowest BCUT2D eigenvalue weighted by molar-refractivity contribution is -0.117. The average Bonchev–Trinajstić information content (AvgIpc) is 2.62. The van der Waals surface area contributed by atoms with Gasteiger partial charge >= 0.3 is 0 Å². The zero-order valence-corrected chi connectivity index (χ0v) is 14.8. The van der Waals surface area contributed by atoms with Gasteiger partial charge in [-0.15, -0.1) is 0 Å². The van der Waals surface area contributed by atoms with E-state index in [1.807, 2.05) is 19.1 Å². The van der Waals surface area contributed by atoms with Crippen LogP contribution in [-0.4, -0.2) is 25.5 Å². The van der Waals surface area contributed by atoms with Crippen molar-refractivity contribution in [3.05, 3.63) is 59.7 Å². The molecule has 136 valence electrons. The van der Waals surface area contributed by atoms with Crippen LogP contribution in [0.2, 0.25) is 0 Å². The molecule has 0 spiro atoms. The van der Waals surface area contributed by atoms with Gasteiger partial charge in [-0.05, 0) is 48.4 Å². The molecule has 26 heavy (non-hydrogen) atoms. The molecule has 0 aromatic heterocycles. The van der Waals surface area contributed by atoms with Gasteiger partial charge in [0.1, 0.15) is 0 Å². The number of anilines is 1. The molecule has 0 atom stereocenters. The van der Waals surface area contributed by atoms with Crippen molar-refractivity contribution < 1.29 is 19.1 Å². The molecule has 0 saturated carbocycles. The minimum atomic E-state index is -0.393. The van der Waals surface area contributed by atoms with Crippen molar-refractivity contribution in [3.63, 3.8) is 0 Å². The van der Waals surface area contributed by atoms with Crippen molar-refractivity contribution in [2.75, 3.05) is 19.0 Å². The third-order valence-corrected chi connectivity index (χ3v) is 3.51. The van der Waals surface area contributed by atoms with E-state index in [2.05, 4.69) is 5.32 Å². The van der Waals surface area contributed by atoms with E-state index < -0.39 is 5.91 Å². The van der Waals surface area contributed by atoms with Crippen LogP contribution in [0, 0.1) is 0 Å². The first-order valence-electron chi connectivity index (χ1n) is 8.19. The number of hydrogen-bond donors (Lipinski definition) is 2. The molecule has 0 unspecified atom stereocenters. The Hall–Kier alpha value is -3.28. The Labute approximate surface area is 152 Å². The lowest BCUT2D eigenvalue weighted by Crippen LogP contribution is -2.13. The Morgan fingerprint density at radius 3 is 2.46 bits per heavy atom. The largest absolute Gasteiger partial charge is 0.493 e. The fourth-order valence-corrected chi connectivity index (χ4v) is 2.33. The van der Waals surface area contributed by atoms with Crippen molar-refractivity contribution in [1.29, 1.82) is 0 Å². The van der Waals surface area contributed by atoms with Gasteiger partial charge in [0.2, 0.25) is 11.8 Å². The summed E-state index contributed by atoms with van der Waals surface area (Å²) in [6, 6.07) is 12.4. The lowest BCUT2D eigenvalue weighted by Gasteiger charge is -2.09. The summed E-state index contributed by atoms with van der Waals surface area (Å²) < 4.78 is 10.8. The SMILES string of the molecule is CCOc1cc(/C=C/C(=O)Nc2ccc(CC(N)=O)cc2)ccc1OC. The molecule has 0 aliphatic carbocycles. The van der Waals surface area contributed by atoms with Gasteiger partial charge in [0.15, 0.2) is 11.5 Å². The number of rotatable bonds is 8. The number of nitrogens with one attached hydrogen (secondary N) is 1. The molecular weight excluding hydrogens is 332 g/mol. The van der Waals surface area contributed by atoms with E-state index in [9.17, 15) is 9.59 Å². The van der Waals surface area contributed by atoms with Crippen molar-refractivity contribution in [2.24, 2.45) is 5.73 Å². The number of ether oxygens (including phenoxy) is 2. The fourth-order valence-electron chi connectivity index (χ4n) is 2.33. The predicted octanol–water partition coefficient (Wildman–Crippen LogP) is 2.77. The summed E-state index contributed by atoms with van der Waals surface area (Å²) in [5.74, 6) is 0.615. The summed E-state index contributed by atoms with van der Waals surface area (Å²) >= 11 is 0. The first kappa shape index (κ1) is 19.1. The van der Waals surface area contributed by atoms with E-state index >= 15 is 0 Å². The molecule has 0 aliphatic rings. The molecule has 6 nitrogen and oxygen atoms in total. The van der Waals surface area contributed by atoms with Crippen LogP contribution in [0.1, 0.15) is 18.1 Å². The molecule has 0 fully saturated rings. The van der Waals surface area contributed by atoms with Gasteiger partial charge < -0.3 is 20.5 Å². The summed E-state index contributed by atoms with van der Waals surface area (Å²) in [5, 5.41) is 2.76. The van der Waals surface area contributed by atoms with E-state index in [0.717, 1.165) is 11.1 Å². The van der Waals surface area contributed by atoms with Gasteiger partial charge in [0.25, 0.3) is 0 Å². The minimum Gasteiger partial charge on any atom is -0.493 e. The molecule has 2 aromatic rings. The maximum Gasteiger partial charge on any atom is 0.248 e. The highest BCUT2D eigenvalue weighted by Crippen LogP contribution is 2.28. The number of primary amides is 1. The van der Waals surface area contributed by atoms with Gasteiger partial charge in [-0.25, -0.2) is 0 Å². The number of amides is 2. The smallest absolute Gasteiger partial charge is 0.248 e. The minimum absolute atomic E-state index is 0.174. The van der Waals surface area contributed by atoms with Crippen LogP contribution in [0.3, 0.4) is 0 Å². The molecule has 2 rings (SSSR count). The second-order valence-electron chi connectivity index (χ2n) is 5.51. The first-order chi connectivity index (χ1) is 12.5. The van der Waals surface area contributed by atoms with E-state index in [-0.39, 0.29) is 12.3 Å². The van der Waals surface area contributed by atoms with E-state index in [1.54, 1.807) is 43.5 Å². The van der Waals surface area contributed by atoms with E-state index in [1.165, 1.54) is 6.08 Å². The fraction of sp³-hybridized carbons (Fsp3) is 0.200. The standard InChI is InChI=1S/C20H22N2O4/c1-3-26-18-12-14(6-10-17(18)25-2)7-11-20(24)22-16-8-4-15(5-9-16)13-19(21)23/h4-12H,3,13H2,1-2H3,(H2,21,23)(H,22,24)/b11-7+. The Morgan fingerprint density at radius 2 is 1.85 bits per heavy atom. The van der Waals surface area contributed by atoms with E-state index in [4.69, 9.17) is 15.2 Å². The van der Waals surface area contributed by atoms with Crippen LogP contribution in [0.25, 0.3) is 6.08 Å². The highest BCUT2D eigenvalue weighted by atomic mass is 16.5. The van der Waals surface area contributed by atoms with Crippen molar-refractivity contribution in [3.8, 4) is 11.5 Å². The topological polar surface area (TPSA) is 90.6 Å². The predicted molar refractivity (Wildman–Crippen MR) is 101 cm³/mol. The van der Waals surface area contributed by atoms with E-state index in [0.29, 0.717) is 23.8 Å².